The molecule has 200 valence electrons. The molecule has 37 heavy (non-hydrogen) atoms. The van der Waals surface area contributed by atoms with E-state index in [1.165, 1.54) is 17.9 Å². The number of aromatic hydroxyl groups is 1. The Bertz CT molecular complexity index is 1300. The number of fused-ring (bicyclic) bond motifs is 3. The van der Waals surface area contributed by atoms with Crippen LogP contribution in [0.2, 0.25) is 0 Å². The molecule has 0 aliphatic heterocycles. The maximum absolute atomic E-state index is 14.2. The highest BCUT2D eigenvalue weighted by Gasteiger charge is 2.72. The van der Waals surface area contributed by atoms with Crippen LogP contribution in [0.5, 0.6) is 5.75 Å². The first-order valence-corrected chi connectivity index (χ1v) is 12.3. The largest absolute Gasteiger partial charge is 0.508 e. The lowest BCUT2D eigenvalue weighted by Crippen LogP contribution is -2.72. The molecule has 4 rings (SSSR count). The van der Waals surface area contributed by atoms with Crippen LogP contribution in [0.4, 0.5) is 0 Å². The van der Waals surface area contributed by atoms with Crippen LogP contribution in [0.15, 0.2) is 29.0 Å². The fourth-order valence-corrected chi connectivity index (χ4v) is 6.86. The van der Waals surface area contributed by atoms with Crippen LogP contribution in [0.3, 0.4) is 0 Å². The summed E-state index contributed by atoms with van der Waals surface area (Å²) in [6.45, 7) is 7.73. The fraction of sp³-hybridized carbons (Fsp3) is 0.519. The molecular formula is C27H35N3O7. The highest BCUT2D eigenvalue weighted by atomic mass is 16.3. The third-order valence-electron chi connectivity index (χ3n) is 8.31. The number of likely N-dealkylation sites (N-methyl/N-ethyl adjacent to an activating group) is 1. The maximum Gasteiger partial charge on any atom is 0.255 e. The van der Waals surface area contributed by atoms with Crippen molar-refractivity contribution in [3.05, 3.63) is 45.7 Å². The molecule has 1 amide bonds. The number of nitrogens with one attached hydrogen (secondary N) is 1. The average molecular weight is 514 g/mol. The summed E-state index contributed by atoms with van der Waals surface area (Å²) in [6, 6.07) is 2.20. The predicted molar refractivity (Wildman–Crippen MR) is 135 cm³/mol. The van der Waals surface area contributed by atoms with Gasteiger partial charge in [-0.2, -0.15) is 0 Å². The van der Waals surface area contributed by atoms with Gasteiger partial charge in [-0.25, -0.2) is 0 Å². The van der Waals surface area contributed by atoms with Gasteiger partial charge in [0.25, 0.3) is 5.91 Å². The first-order chi connectivity index (χ1) is 17.0. The van der Waals surface area contributed by atoms with E-state index in [2.05, 4.69) is 5.32 Å². The van der Waals surface area contributed by atoms with Crippen molar-refractivity contribution in [2.24, 2.45) is 16.6 Å². The number of aliphatic hydroxyl groups is 3. The van der Waals surface area contributed by atoms with Crippen molar-refractivity contribution < 1.29 is 34.8 Å². The van der Waals surface area contributed by atoms with Gasteiger partial charge in [-0.3, -0.25) is 19.3 Å². The summed E-state index contributed by atoms with van der Waals surface area (Å²) in [5.74, 6) is -4.93. The van der Waals surface area contributed by atoms with Crippen LogP contribution in [-0.4, -0.2) is 74.6 Å². The van der Waals surface area contributed by atoms with E-state index in [-0.39, 0.29) is 35.8 Å². The molecule has 4 atom stereocenters. The number of ketones is 2. The number of rotatable bonds is 5. The molecule has 0 heterocycles. The number of benzene rings is 1. The number of hydrogen-bond acceptors (Lipinski definition) is 9. The minimum atomic E-state index is -2.72. The second kappa shape index (κ2) is 8.41. The van der Waals surface area contributed by atoms with E-state index in [0.717, 1.165) is 5.56 Å². The van der Waals surface area contributed by atoms with Crippen molar-refractivity contribution >= 4 is 23.2 Å². The van der Waals surface area contributed by atoms with Crippen molar-refractivity contribution in [1.29, 1.82) is 0 Å². The monoisotopic (exact) mass is 513 g/mol. The molecule has 1 fully saturated rings. The van der Waals surface area contributed by atoms with Gasteiger partial charge in [-0.15, -0.1) is 0 Å². The number of phenolic OH excluding ortho intramolecular Hbond substituents is 1. The number of aliphatic hydroxyl groups excluding tert-OH is 2. The fourth-order valence-electron chi connectivity index (χ4n) is 6.86. The zero-order valence-electron chi connectivity index (χ0n) is 22.0. The van der Waals surface area contributed by atoms with Crippen LogP contribution in [0.25, 0.3) is 5.76 Å². The minimum absolute atomic E-state index is 0.00152. The molecule has 10 heteroatoms. The Morgan fingerprint density at radius 3 is 2.35 bits per heavy atom. The molecule has 0 spiro atoms. The molecule has 1 aromatic rings. The van der Waals surface area contributed by atoms with Gasteiger partial charge in [0.2, 0.25) is 5.78 Å². The maximum atomic E-state index is 14.2. The second-order valence-electron chi connectivity index (χ2n) is 11.5. The van der Waals surface area contributed by atoms with Gasteiger partial charge in [0.1, 0.15) is 22.8 Å². The quantitative estimate of drug-likeness (QED) is 0.317. The third kappa shape index (κ3) is 3.46. The normalized spacial score (nSPS) is 31.5. The SMILES string of the molecule is CC(C)NCc1ccc(O)c2c1C[C@@]1(C)C[C@@]3(C)[C@H](N(C)C)C(=O)C(C(N)=O)=C(O)[C@@]3(O)C(=O)C1=C2O. The van der Waals surface area contributed by atoms with E-state index >= 15 is 0 Å². The lowest BCUT2D eigenvalue weighted by Gasteiger charge is -2.59. The molecule has 3 aliphatic rings. The molecule has 0 aromatic heterocycles. The Morgan fingerprint density at radius 1 is 1.19 bits per heavy atom. The number of amides is 1. The first-order valence-electron chi connectivity index (χ1n) is 12.3. The van der Waals surface area contributed by atoms with Gasteiger partial charge in [0.05, 0.1) is 11.6 Å². The number of primary amides is 1. The molecule has 0 radical (unpaired) electrons. The zero-order valence-corrected chi connectivity index (χ0v) is 22.0. The summed E-state index contributed by atoms with van der Waals surface area (Å²) in [6.07, 6.45) is 0.225. The third-order valence-corrected chi connectivity index (χ3v) is 8.31. The predicted octanol–water partition coefficient (Wildman–Crippen LogP) is 1.24. The van der Waals surface area contributed by atoms with Crippen molar-refractivity contribution in [2.75, 3.05) is 14.1 Å². The van der Waals surface area contributed by atoms with E-state index in [0.29, 0.717) is 12.1 Å². The molecule has 10 nitrogen and oxygen atoms in total. The smallest absolute Gasteiger partial charge is 0.255 e. The van der Waals surface area contributed by atoms with Crippen molar-refractivity contribution in [3.63, 3.8) is 0 Å². The lowest BCUT2D eigenvalue weighted by molar-refractivity contribution is -0.176. The second-order valence-corrected chi connectivity index (χ2v) is 11.5. The number of carbonyl (C=O) groups excluding carboxylic acids is 3. The molecule has 0 bridgehead atoms. The van der Waals surface area contributed by atoms with Gasteiger partial charge in [0, 0.05) is 29.0 Å². The Kier molecular flexibility index (Phi) is 6.10. The molecule has 3 aliphatic carbocycles. The standard InChI is InChI=1S/C27H35N3O7/c1-12(2)29-10-13-7-8-15(31)16-14(13)9-25(3)11-26(4)21(30(5)6)20(33)17(24(28)36)22(34)27(26,37)23(35)18(25)19(16)32/h7-8,12,21,29,31-32,34,37H,9-11H2,1-6H3,(H2,28,36)/t21-,25+,26+,27-/m1/s1. The van der Waals surface area contributed by atoms with E-state index < -0.39 is 57.0 Å². The summed E-state index contributed by atoms with van der Waals surface area (Å²) in [5, 5.41) is 48.5. The van der Waals surface area contributed by atoms with Gasteiger partial charge in [-0.05, 0) is 44.1 Å². The van der Waals surface area contributed by atoms with Crippen molar-refractivity contribution in [2.45, 2.75) is 64.8 Å². The van der Waals surface area contributed by atoms with Gasteiger partial charge in [-0.1, -0.05) is 33.8 Å². The number of phenols is 1. The average Bonchev–Trinajstić information content (AvgIpc) is 2.75. The van der Waals surface area contributed by atoms with E-state index in [1.807, 2.05) is 13.8 Å². The highest BCUT2D eigenvalue weighted by molar-refractivity contribution is 6.25. The van der Waals surface area contributed by atoms with Crippen molar-refractivity contribution in [3.8, 4) is 5.75 Å². The highest BCUT2D eigenvalue weighted by Crippen LogP contribution is 2.63. The molecule has 0 unspecified atom stereocenters. The minimum Gasteiger partial charge on any atom is -0.508 e. The van der Waals surface area contributed by atoms with E-state index in [1.54, 1.807) is 27.1 Å². The topological polar surface area (TPSA) is 173 Å². The van der Waals surface area contributed by atoms with Crippen LogP contribution < -0.4 is 11.1 Å². The van der Waals surface area contributed by atoms with Gasteiger partial charge < -0.3 is 31.5 Å². The van der Waals surface area contributed by atoms with Gasteiger partial charge >= 0.3 is 0 Å². The summed E-state index contributed by atoms with van der Waals surface area (Å²) in [4.78, 5) is 41.3. The summed E-state index contributed by atoms with van der Waals surface area (Å²) < 4.78 is 0. The van der Waals surface area contributed by atoms with Crippen LogP contribution in [0.1, 0.15) is 50.8 Å². The molecular weight excluding hydrogens is 478 g/mol. The summed E-state index contributed by atoms with van der Waals surface area (Å²) >= 11 is 0. The molecule has 0 saturated heterocycles. The number of Topliss-reactive ketones (excluding diaryl/α,β-unsaturated/α-hetero) is 2. The van der Waals surface area contributed by atoms with Crippen LogP contribution in [0, 0.1) is 10.8 Å². The van der Waals surface area contributed by atoms with Crippen LogP contribution >= 0.6 is 0 Å². The Balaban J connectivity index is 2.03. The molecule has 1 aromatic carbocycles. The van der Waals surface area contributed by atoms with Gasteiger partial charge in [0.15, 0.2) is 11.4 Å². The number of carbonyl (C=O) groups is 3. The summed E-state index contributed by atoms with van der Waals surface area (Å²) in [5.41, 5.74) is 0.577. The molecule has 1 saturated carbocycles. The van der Waals surface area contributed by atoms with Crippen molar-refractivity contribution in [1.82, 2.24) is 10.2 Å². The number of hydrogen-bond donors (Lipinski definition) is 6. The number of nitrogens with zero attached hydrogens (tertiary/aromatic N) is 1. The Labute approximate surface area is 215 Å². The summed E-state index contributed by atoms with van der Waals surface area (Å²) in [7, 11) is 3.16. The number of nitrogens with two attached hydrogens (primary N) is 1. The zero-order chi connectivity index (χ0) is 27.8. The van der Waals surface area contributed by atoms with Crippen LogP contribution in [-0.2, 0) is 27.3 Å². The molecule has 7 N–H and O–H groups in total. The lowest BCUT2D eigenvalue weighted by atomic mass is 9.46. The van der Waals surface area contributed by atoms with E-state index in [9.17, 15) is 34.8 Å². The first kappa shape index (κ1) is 26.8. The Morgan fingerprint density at radius 2 is 1.81 bits per heavy atom. The van der Waals surface area contributed by atoms with E-state index in [4.69, 9.17) is 5.73 Å². The Hall–Kier alpha value is -3.21.